The highest BCUT2D eigenvalue weighted by Gasteiger charge is 2.03. The maximum Gasteiger partial charge on any atom is 0.335 e. The van der Waals surface area contributed by atoms with Crippen molar-refractivity contribution in [1.29, 1.82) is 0 Å². The first kappa shape index (κ1) is 12.3. The van der Waals surface area contributed by atoms with Crippen molar-refractivity contribution in [2.45, 2.75) is 6.54 Å². The van der Waals surface area contributed by atoms with Crippen LogP contribution in [0.25, 0.3) is 0 Å². The largest absolute Gasteiger partial charge is 0.478 e. The molecule has 0 aliphatic carbocycles. The average molecular weight is 264 g/mol. The summed E-state index contributed by atoms with van der Waals surface area (Å²) in [5.74, 6) is -0.400. The van der Waals surface area contributed by atoms with Crippen LogP contribution in [0, 0.1) is 0 Å². The molecule has 0 atom stereocenters. The fraction of sp³-hybridized carbons (Fsp3) is 0.0833. The van der Waals surface area contributed by atoms with Crippen molar-refractivity contribution in [2.24, 2.45) is 0 Å². The average Bonchev–Trinajstić information content (AvgIpc) is 2.37. The van der Waals surface area contributed by atoms with Gasteiger partial charge in [-0.3, -0.25) is 4.98 Å². The van der Waals surface area contributed by atoms with Crippen molar-refractivity contribution in [2.75, 3.05) is 5.32 Å². The van der Waals surface area contributed by atoms with E-state index in [9.17, 15) is 4.79 Å². The smallest absolute Gasteiger partial charge is 0.335 e. The van der Waals surface area contributed by atoms with E-state index in [0.29, 0.717) is 17.5 Å². The molecule has 92 valence electrons. The Kier molecular flexibility index (Phi) is 3.74. The molecule has 2 rings (SSSR count). The van der Waals surface area contributed by atoms with E-state index in [1.165, 1.54) is 6.20 Å². The molecule has 6 heteroatoms. The van der Waals surface area contributed by atoms with E-state index >= 15 is 0 Å². The van der Waals surface area contributed by atoms with Crippen LogP contribution in [0.4, 0.5) is 5.82 Å². The Hall–Kier alpha value is -2.14. The first-order valence-corrected chi connectivity index (χ1v) is 5.56. The monoisotopic (exact) mass is 263 g/mol. The molecular formula is C12H10ClN3O2. The van der Waals surface area contributed by atoms with Gasteiger partial charge in [0.1, 0.15) is 11.0 Å². The van der Waals surface area contributed by atoms with Crippen molar-refractivity contribution in [3.8, 4) is 0 Å². The van der Waals surface area contributed by atoms with Gasteiger partial charge in [-0.1, -0.05) is 23.7 Å². The standard InChI is InChI=1S/C12H10ClN3O2/c13-10-6-14-7-11(16-10)15-5-8-2-1-3-9(4-8)12(17)18/h1-4,6-7H,5H2,(H,15,16)(H,17,18). The van der Waals surface area contributed by atoms with E-state index in [1.54, 1.807) is 24.4 Å². The highest BCUT2D eigenvalue weighted by atomic mass is 35.5. The van der Waals surface area contributed by atoms with Gasteiger partial charge in [-0.15, -0.1) is 0 Å². The Balaban J connectivity index is 2.06. The maximum absolute atomic E-state index is 10.8. The summed E-state index contributed by atoms with van der Waals surface area (Å²) in [7, 11) is 0. The quantitative estimate of drug-likeness (QED) is 0.886. The second-order valence-electron chi connectivity index (χ2n) is 3.59. The van der Waals surface area contributed by atoms with Gasteiger partial charge in [0.05, 0.1) is 18.0 Å². The van der Waals surface area contributed by atoms with Crippen LogP contribution in [0.5, 0.6) is 0 Å². The molecule has 1 aromatic carbocycles. The Morgan fingerprint density at radius 2 is 2.22 bits per heavy atom. The molecule has 0 fully saturated rings. The lowest BCUT2D eigenvalue weighted by atomic mass is 10.1. The zero-order chi connectivity index (χ0) is 13.0. The van der Waals surface area contributed by atoms with Crippen molar-refractivity contribution >= 4 is 23.4 Å². The van der Waals surface area contributed by atoms with Gasteiger partial charge in [-0.2, -0.15) is 0 Å². The summed E-state index contributed by atoms with van der Waals surface area (Å²) in [6.45, 7) is 0.455. The molecule has 0 saturated carbocycles. The van der Waals surface area contributed by atoms with Crippen molar-refractivity contribution in [1.82, 2.24) is 9.97 Å². The number of benzene rings is 1. The maximum atomic E-state index is 10.8. The molecular weight excluding hydrogens is 254 g/mol. The van der Waals surface area contributed by atoms with Crippen LogP contribution in [0.1, 0.15) is 15.9 Å². The van der Waals surface area contributed by atoms with Crippen LogP contribution in [-0.4, -0.2) is 21.0 Å². The first-order valence-electron chi connectivity index (χ1n) is 5.19. The molecule has 0 aliphatic heterocycles. The van der Waals surface area contributed by atoms with Crippen LogP contribution in [0.15, 0.2) is 36.7 Å². The minimum atomic E-state index is -0.945. The van der Waals surface area contributed by atoms with Gasteiger partial charge in [-0.05, 0) is 17.7 Å². The summed E-state index contributed by atoms with van der Waals surface area (Å²) >= 11 is 5.70. The van der Waals surface area contributed by atoms with Crippen molar-refractivity contribution in [3.05, 3.63) is 52.9 Å². The number of aromatic nitrogens is 2. The SMILES string of the molecule is O=C(O)c1cccc(CNc2cncc(Cl)n2)c1. The number of rotatable bonds is 4. The third-order valence-corrected chi connectivity index (χ3v) is 2.43. The molecule has 0 radical (unpaired) electrons. The minimum Gasteiger partial charge on any atom is -0.478 e. The predicted molar refractivity (Wildman–Crippen MR) is 67.8 cm³/mol. The third-order valence-electron chi connectivity index (χ3n) is 2.25. The number of anilines is 1. The highest BCUT2D eigenvalue weighted by Crippen LogP contribution is 2.10. The molecule has 1 heterocycles. The van der Waals surface area contributed by atoms with Crippen LogP contribution in [-0.2, 0) is 6.54 Å². The van der Waals surface area contributed by atoms with Crippen LogP contribution in [0.3, 0.4) is 0 Å². The third kappa shape index (κ3) is 3.18. The molecule has 0 bridgehead atoms. The molecule has 18 heavy (non-hydrogen) atoms. The summed E-state index contributed by atoms with van der Waals surface area (Å²) in [6.07, 6.45) is 2.99. The van der Waals surface area contributed by atoms with Gasteiger partial charge < -0.3 is 10.4 Å². The first-order chi connectivity index (χ1) is 8.65. The van der Waals surface area contributed by atoms with E-state index in [-0.39, 0.29) is 5.56 Å². The molecule has 5 nitrogen and oxygen atoms in total. The van der Waals surface area contributed by atoms with E-state index < -0.39 is 5.97 Å². The number of nitrogens with one attached hydrogen (secondary N) is 1. The summed E-state index contributed by atoms with van der Waals surface area (Å²) in [5, 5.41) is 12.2. The number of halogens is 1. The van der Waals surface area contributed by atoms with Gasteiger partial charge in [0, 0.05) is 6.54 Å². The minimum absolute atomic E-state index is 0.256. The summed E-state index contributed by atoms with van der Waals surface area (Å²) < 4.78 is 0. The van der Waals surface area contributed by atoms with Crippen LogP contribution in [0.2, 0.25) is 5.15 Å². The number of carboxylic acid groups (broad SMARTS) is 1. The van der Waals surface area contributed by atoms with Gasteiger partial charge in [0.2, 0.25) is 0 Å². The van der Waals surface area contributed by atoms with E-state index in [0.717, 1.165) is 5.56 Å². The van der Waals surface area contributed by atoms with Crippen LogP contribution >= 0.6 is 11.6 Å². The zero-order valence-corrected chi connectivity index (χ0v) is 10.1. The Bertz CT molecular complexity index is 575. The summed E-state index contributed by atoms with van der Waals surface area (Å²) in [4.78, 5) is 18.7. The van der Waals surface area contributed by atoms with Gasteiger partial charge >= 0.3 is 5.97 Å². The predicted octanol–water partition coefficient (Wildman–Crippen LogP) is 2.44. The second-order valence-corrected chi connectivity index (χ2v) is 3.97. The van der Waals surface area contributed by atoms with Crippen molar-refractivity contribution in [3.63, 3.8) is 0 Å². The lowest BCUT2D eigenvalue weighted by molar-refractivity contribution is 0.0697. The number of carbonyl (C=O) groups is 1. The molecule has 0 amide bonds. The molecule has 2 aromatic rings. The second kappa shape index (κ2) is 5.46. The van der Waals surface area contributed by atoms with E-state index in [2.05, 4.69) is 15.3 Å². The molecule has 1 aromatic heterocycles. The molecule has 0 spiro atoms. The topological polar surface area (TPSA) is 75.1 Å². The Morgan fingerprint density at radius 3 is 2.94 bits per heavy atom. The lowest BCUT2D eigenvalue weighted by Crippen LogP contribution is -2.03. The van der Waals surface area contributed by atoms with Crippen molar-refractivity contribution < 1.29 is 9.90 Å². The molecule has 0 unspecified atom stereocenters. The van der Waals surface area contributed by atoms with Gasteiger partial charge in [0.15, 0.2) is 0 Å². The normalized spacial score (nSPS) is 10.1. The number of nitrogens with zero attached hydrogens (tertiary/aromatic N) is 2. The summed E-state index contributed by atoms with van der Waals surface area (Å²) in [5.41, 5.74) is 1.10. The molecule has 0 saturated heterocycles. The fourth-order valence-electron chi connectivity index (χ4n) is 1.43. The highest BCUT2D eigenvalue weighted by molar-refractivity contribution is 6.29. The Morgan fingerprint density at radius 1 is 1.39 bits per heavy atom. The van der Waals surface area contributed by atoms with Gasteiger partial charge in [0.25, 0.3) is 0 Å². The van der Waals surface area contributed by atoms with E-state index in [1.807, 2.05) is 6.07 Å². The number of carboxylic acids is 1. The lowest BCUT2D eigenvalue weighted by Gasteiger charge is -2.06. The fourth-order valence-corrected chi connectivity index (χ4v) is 1.58. The molecule has 2 N–H and O–H groups in total. The van der Waals surface area contributed by atoms with E-state index in [4.69, 9.17) is 16.7 Å². The number of hydrogen-bond acceptors (Lipinski definition) is 4. The number of aromatic carboxylic acids is 1. The molecule has 0 aliphatic rings. The van der Waals surface area contributed by atoms with Gasteiger partial charge in [-0.25, -0.2) is 9.78 Å². The summed E-state index contributed by atoms with van der Waals surface area (Å²) in [6, 6.07) is 6.68. The number of hydrogen-bond donors (Lipinski definition) is 2. The zero-order valence-electron chi connectivity index (χ0n) is 9.30. The Labute approximate surface area is 108 Å². The van der Waals surface area contributed by atoms with Crippen LogP contribution < -0.4 is 5.32 Å².